The zero-order valence-electron chi connectivity index (χ0n) is 15.9. The van der Waals surface area contributed by atoms with Crippen molar-refractivity contribution in [1.29, 1.82) is 0 Å². The number of nitrogens with zero attached hydrogens (tertiary/aromatic N) is 1. The third kappa shape index (κ3) is 4.17. The van der Waals surface area contributed by atoms with E-state index in [1.54, 1.807) is 37.3 Å². The van der Waals surface area contributed by atoms with Gasteiger partial charge < -0.3 is 18.9 Å². The molecule has 0 saturated carbocycles. The predicted molar refractivity (Wildman–Crippen MR) is 112 cm³/mol. The van der Waals surface area contributed by atoms with Gasteiger partial charge in [0.25, 0.3) is 0 Å². The van der Waals surface area contributed by atoms with Crippen molar-refractivity contribution in [3.8, 4) is 33.2 Å². The van der Waals surface area contributed by atoms with Gasteiger partial charge in [0.1, 0.15) is 11.5 Å². The van der Waals surface area contributed by atoms with Crippen LogP contribution in [0.1, 0.15) is 6.92 Å². The summed E-state index contributed by atoms with van der Waals surface area (Å²) in [4.78, 5) is 6.03. The van der Waals surface area contributed by atoms with Crippen LogP contribution in [0.3, 0.4) is 0 Å². The molecular formula is C21H21NO4S2. The van der Waals surface area contributed by atoms with Crippen molar-refractivity contribution in [3.05, 3.63) is 48.5 Å². The van der Waals surface area contributed by atoms with Crippen molar-refractivity contribution in [1.82, 2.24) is 4.98 Å². The van der Waals surface area contributed by atoms with Crippen LogP contribution in [-0.4, -0.2) is 37.5 Å². The second kappa shape index (κ2) is 8.53. The summed E-state index contributed by atoms with van der Waals surface area (Å²) < 4.78 is 22.6. The molecule has 1 aromatic heterocycles. The Morgan fingerprint density at radius 2 is 1.50 bits per heavy atom. The molecule has 2 aromatic carbocycles. The van der Waals surface area contributed by atoms with Crippen LogP contribution >= 0.6 is 23.1 Å². The Morgan fingerprint density at radius 3 is 2.04 bits per heavy atom. The van der Waals surface area contributed by atoms with Crippen molar-refractivity contribution in [2.24, 2.45) is 0 Å². The highest BCUT2D eigenvalue weighted by atomic mass is 32.2. The van der Waals surface area contributed by atoms with E-state index in [0.29, 0.717) is 0 Å². The van der Waals surface area contributed by atoms with Crippen LogP contribution in [0.25, 0.3) is 21.7 Å². The van der Waals surface area contributed by atoms with Crippen LogP contribution in [0.4, 0.5) is 0 Å². The second-order valence-corrected chi connectivity index (χ2v) is 8.46. The Bertz CT molecular complexity index is 854. The molecule has 3 aromatic rings. The molecule has 0 N–H and O–H groups in total. The molecule has 4 rings (SSSR count). The molecule has 146 valence electrons. The first-order valence-electron chi connectivity index (χ1n) is 8.89. The maximum absolute atomic E-state index is 5.52. The Balaban J connectivity index is 1.64. The Hall–Kier alpha value is -2.06. The molecule has 0 amide bonds. The SMILES string of the molecule is COc1ccc(-c2nc(SCC3OC(C)O3)sc2-c2ccc(OC)cc2)cc1. The number of ether oxygens (including phenoxy) is 4. The maximum atomic E-state index is 5.52. The first kappa shape index (κ1) is 19.3. The fraction of sp³-hybridized carbons (Fsp3) is 0.286. The van der Waals surface area contributed by atoms with Gasteiger partial charge in [-0.1, -0.05) is 11.8 Å². The highest BCUT2D eigenvalue weighted by molar-refractivity contribution is 8.01. The highest BCUT2D eigenvalue weighted by Gasteiger charge is 2.27. The monoisotopic (exact) mass is 415 g/mol. The van der Waals surface area contributed by atoms with Gasteiger partial charge in [0.15, 0.2) is 16.9 Å². The summed E-state index contributed by atoms with van der Waals surface area (Å²) in [6, 6.07) is 16.0. The molecule has 0 spiro atoms. The lowest BCUT2D eigenvalue weighted by molar-refractivity contribution is -0.365. The summed E-state index contributed by atoms with van der Waals surface area (Å²) in [6.45, 7) is 1.90. The van der Waals surface area contributed by atoms with Gasteiger partial charge in [-0.05, 0) is 61.0 Å². The van der Waals surface area contributed by atoms with Crippen molar-refractivity contribution < 1.29 is 18.9 Å². The van der Waals surface area contributed by atoms with Gasteiger partial charge in [0.2, 0.25) is 0 Å². The van der Waals surface area contributed by atoms with E-state index in [2.05, 4.69) is 12.1 Å². The summed E-state index contributed by atoms with van der Waals surface area (Å²) >= 11 is 3.33. The quantitative estimate of drug-likeness (QED) is 0.488. The molecule has 1 aliphatic heterocycles. The van der Waals surface area contributed by atoms with Crippen LogP contribution in [0.2, 0.25) is 0 Å². The predicted octanol–water partition coefficient (Wildman–Crippen LogP) is 5.31. The summed E-state index contributed by atoms with van der Waals surface area (Å²) in [7, 11) is 3.34. The molecule has 5 nitrogen and oxygen atoms in total. The van der Waals surface area contributed by atoms with Gasteiger partial charge in [-0.15, -0.1) is 11.3 Å². The minimum Gasteiger partial charge on any atom is -0.497 e. The molecule has 1 fully saturated rings. The van der Waals surface area contributed by atoms with E-state index in [4.69, 9.17) is 23.9 Å². The van der Waals surface area contributed by atoms with Crippen molar-refractivity contribution >= 4 is 23.1 Å². The van der Waals surface area contributed by atoms with Gasteiger partial charge in [-0.3, -0.25) is 0 Å². The van der Waals surface area contributed by atoms with E-state index in [9.17, 15) is 0 Å². The third-order valence-corrected chi connectivity index (χ3v) is 6.63. The first-order chi connectivity index (χ1) is 13.7. The summed E-state index contributed by atoms with van der Waals surface area (Å²) in [5, 5.41) is 0. The van der Waals surface area contributed by atoms with Crippen molar-refractivity contribution in [2.45, 2.75) is 23.8 Å². The van der Waals surface area contributed by atoms with Crippen LogP contribution in [0.5, 0.6) is 11.5 Å². The smallest absolute Gasteiger partial charge is 0.173 e. The zero-order chi connectivity index (χ0) is 19.5. The third-order valence-electron chi connectivity index (χ3n) is 4.35. The van der Waals surface area contributed by atoms with E-state index in [1.807, 2.05) is 43.3 Å². The molecule has 28 heavy (non-hydrogen) atoms. The fourth-order valence-corrected chi connectivity index (χ4v) is 5.01. The van der Waals surface area contributed by atoms with Crippen LogP contribution in [0.15, 0.2) is 52.9 Å². The van der Waals surface area contributed by atoms with Crippen molar-refractivity contribution in [3.63, 3.8) is 0 Å². The standard InChI is InChI=1S/C21H21NO4S2/c1-13-25-18(26-13)12-27-21-22-19(14-4-8-16(23-2)9-5-14)20(28-21)15-6-10-17(24-3)11-7-15/h4-11,13,18H,12H2,1-3H3. The summed E-state index contributed by atoms with van der Waals surface area (Å²) in [5.74, 6) is 2.39. The number of rotatable bonds is 7. The van der Waals surface area contributed by atoms with Crippen LogP contribution in [-0.2, 0) is 9.47 Å². The molecule has 2 heterocycles. The zero-order valence-corrected chi connectivity index (χ0v) is 17.5. The van der Waals surface area contributed by atoms with Crippen molar-refractivity contribution in [2.75, 3.05) is 20.0 Å². The van der Waals surface area contributed by atoms with E-state index in [0.717, 1.165) is 43.3 Å². The molecule has 0 unspecified atom stereocenters. The lowest BCUT2D eigenvalue weighted by Crippen LogP contribution is -2.40. The van der Waals surface area contributed by atoms with Gasteiger partial charge in [-0.25, -0.2) is 4.98 Å². The van der Waals surface area contributed by atoms with E-state index in [1.165, 1.54) is 0 Å². The molecule has 7 heteroatoms. The lowest BCUT2D eigenvalue weighted by Gasteiger charge is -2.33. The Morgan fingerprint density at radius 1 is 0.929 bits per heavy atom. The molecule has 0 radical (unpaired) electrons. The van der Waals surface area contributed by atoms with E-state index in [-0.39, 0.29) is 12.6 Å². The number of methoxy groups -OCH3 is 2. The number of thioether (sulfide) groups is 1. The molecular weight excluding hydrogens is 394 g/mol. The molecule has 0 bridgehead atoms. The second-order valence-electron chi connectivity index (χ2n) is 6.19. The summed E-state index contributed by atoms with van der Waals surface area (Å²) in [6.07, 6.45) is -0.260. The lowest BCUT2D eigenvalue weighted by atomic mass is 10.1. The minimum atomic E-state index is -0.155. The number of thiazole rings is 1. The number of hydrogen-bond donors (Lipinski definition) is 0. The summed E-state index contributed by atoms with van der Waals surface area (Å²) in [5.41, 5.74) is 3.13. The average Bonchev–Trinajstić information content (AvgIpc) is 3.14. The topological polar surface area (TPSA) is 49.8 Å². The first-order valence-corrected chi connectivity index (χ1v) is 10.7. The van der Waals surface area contributed by atoms with Gasteiger partial charge in [0, 0.05) is 5.56 Å². The highest BCUT2D eigenvalue weighted by Crippen LogP contribution is 2.41. The minimum absolute atomic E-state index is 0.105. The molecule has 1 aliphatic rings. The van der Waals surface area contributed by atoms with Crippen LogP contribution in [0, 0.1) is 0 Å². The number of aromatic nitrogens is 1. The number of hydrogen-bond acceptors (Lipinski definition) is 7. The van der Waals surface area contributed by atoms with Gasteiger partial charge in [0.05, 0.1) is 30.5 Å². The Labute approximate surface area is 172 Å². The van der Waals surface area contributed by atoms with Gasteiger partial charge in [-0.2, -0.15) is 0 Å². The van der Waals surface area contributed by atoms with E-state index < -0.39 is 0 Å². The molecule has 0 aliphatic carbocycles. The largest absolute Gasteiger partial charge is 0.497 e. The number of benzene rings is 2. The molecule has 1 saturated heterocycles. The van der Waals surface area contributed by atoms with Crippen LogP contribution < -0.4 is 9.47 Å². The average molecular weight is 416 g/mol. The fourth-order valence-electron chi connectivity index (χ4n) is 2.90. The van der Waals surface area contributed by atoms with E-state index >= 15 is 0 Å². The molecule has 0 atom stereocenters. The Kier molecular flexibility index (Phi) is 5.87. The maximum Gasteiger partial charge on any atom is 0.173 e. The normalized spacial score (nSPS) is 18.5. The van der Waals surface area contributed by atoms with Gasteiger partial charge >= 0.3 is 0 Å².